The summed E-state index contributed by atoms with van der Waals surface area (Å²) in [5, 5.41) is 55.5. The molecule has 3 saturated heterocycles. The molecule has 3 atom stereocenters. The zero-order valence-electron chi connectivity index (χ0n) is 41.9. The summed E-state index contributed by atoms with van der Waals surface area (Å²) in [4.78, 5) is 46.5. The van der Waals surface area contributed by atoms with E-state index in [1.807, 2.05) is 54.3 Å². The molecule has 20 heteroatoms. The topological polar surface area (TPSA) is 222 Å². The lowest BCUT2D eigenvalue weighted by Gasteiger charge is -2.42. The van der Waals surface area contributed by atoms with Crippen LogP contribution in [0.4, 0.5) is 11.5 Å². The molecule has 0 bridgehead atoms. The van der Waals surface area contributed by atoms with Gasteiger partial charge < -0.3 is 49.7 Å². The number of amides is 2. The predicted octanol–water partition coefficient (Wildman–Crippen LogP) is 5.75. The van der Waals surface area contributed by atoms with Crippen LogP contribution in [0.1, 0.15) is 48.6 Å². The van der Waals surface area contributed by atoms with Gasteiger partial charge in [0, 0.05) is 93.7 Å². The molecule has 0 aliphatic carbocycles. The lowest BCUT2D eigenvalue weighted by molar-refractivity contribution is -0.138. The van der Waals surface area contributed by atoms with Gasteiger partial charge in [-0.3, -0.25) is 14.5 Å². The van der Waals surface area contributed by atoms with E-state index >= 15 is 0 Å². The van der Waals surface area contributed by atoms with Crippen LogP contribution in [-0.2, 0) is 40.3 Å². The number of anilines is 2. The zero-order chi connectivity index (χ0) is 52.2. The standard InChI is InChI=1S/C55H61ClN12O7/c1-3-36-27-43(48(70)28-47(36)69)53-61-62-55(73)68(53)40-15-11-35(12-16-40)29-63-21-23-64(24-22-63)50(72)34-74-32-38-13-14-39(58-38)33-75-54-59-45-31-65(46-10-6-8-37-7-5-9-44(56)51(37)46)20-18-42(45)52(60-54)66-25-26-67(49(71)4-2)41(30-66)17-19-57/h4-12,15-16,27-28,38-39,41,58,69-70H,2-3,13-14,17-18,20-26,29-34H2,1H3,(H,62,73)/t38?,39?,41-/m0/s1. The molecule has 0 saturated carbocycles. The molecule has 0 spiro atoms. The van der Waals surface area contributed by atoms with Gasteiger partial charge in [0.15, 0.2) is 5.82 Å². The van der Waals surface area contributed by atoms with E-state index in [9.17, 15) is 30.2 Å². The first-order valence-electron chi connectivity index (χ1n) is 25.6. The SMILES string of the molecule is C=CC(=O)N1CCN(c2nc(OCC3CCC(COCC(=O)N4CCN(Cc5ccc(-n6c(O)nnc6-c6cc(CC)c(O)cc6O)cc5)CC4)N3)nc3c2CCN(c2cccc4cccc(Cl)c24)C3)C[C@@H]1CC#N. The molecular formula is C55H61ClN12O7. The summed E-state index contributed by atoms with van der Waals surface area (Å²) in [6.45, 7) is 12.2. The summed E-state index contributed by atoms with van der Waals surface area (Å²) in [6, 6.07) is 24.7. The van der Waals surface area contributed by atoms with Crippen molar-refractivity contribution in [2.75, 3.05) is 82.0 Å². The number of carbonyl (C=O) groups excluding carboxylic acids is 2. The van der Waals surface area contributed by atoms with Gasteiger partial charge in [-0.2, -0.15) is 15.2 Å². The van der Waals surface area contributed by atoms with Crippen molar-refractivity contribution in [3.63, 3.8) is 0 Å². The number of halogens is 1. The molecule has 0 radical (unpaired) electrons. The van der Waals surface area contributed by atoms with E-state index < -0.39 is 0 Å². The number of aromatic nitrogens is 5. The average molecular weight is 1040 g/mol. The van der Waals surface area contributed by atoms with Gasteiger partial charge in [0.2, 0.25) is 11.8 Å². The van der Waals surface area contributed by atoms with Crippen molar-refractivity contribution < 1.29 is 34.4 Å². The molecule has 4 aliphatic rings. The normalized spacial score (nSPS) is 19.0. The number of nitriles is 1. The maximum Gasteiger partial charge on any atom is 0.319 e. The third-order valence-electron chi connectivity index (χ3n) is 14.8. The molecule has 2 unspecified atom stereocenters. The highest BCUT2D eigenvalue weighted by atomic mass is 35.5. The zero-order valence-corrected chi connectivity index (χ0v) is 42.7. The Balaban J connectivity index is 0.714. The highest BCUT2D eigenvalue weighted by molar-refractivity contribution is 6.36. The largest absolute Gasteiger partial charge is 0.508 e. The monoisotopic (exact) mass is 1040 g/mol. The van der Waals surface area contributed by atoms with Crippen LogP contribution in [0.25, 0.3) is 27.8 Å². The van der Waals surface area contributed by atoms with Gasteiger partial charge in [-0.25, -0.2) is 4.57 Å². The van der Waals surface area contributed by atoms with E-state index in [1.54, 1.807) is 11.0 Å². The summed E-state index contributed by atoms with van der Waals surface area (Å²) < 4.78 is 13.9. The lowest BCUT2D eigenvalue weighted by atomic mass is 10.0. The lowest BCUT2D eigenvalue weighted by Crippen LogP contribution is -2.55. The molecule has 10 rings (SSSR count). The number of hydrogen-bond donors (Lipinski definition) is 4. The molecule has 4 N–H and O–H groups in total. The quantitative estimate of drug-likeness (QED) is 0.0848. The Morgan fingerprint density at radius 3 is 2.44 bits per heavy atom. The molecule has 4 aromatic carbocycles. The number of nitrogens with one attached hydrogen (secondary N) is 1. The number of hydrogen-bond acceptors (Lipinski definition) is 16. The third-order valence-corrected chi connectivity index (χ3v) is 15.2. The second kappa shape index (κ2) is 22.5. The molecule has 6 heterocycles. The minimum absolute atomic E-state index is 0.000596. The third kappa shape index (κ3) is 11.0. The highest BCUT2D eigenvalue weighted by Gasteiger charge is 2.34. The highest BCUT2D eigenvalue weighted by Crippen LogP contribution is 2.39. The number of rotatable bonds is 16. The molecule has 75 heavy (non-hydrogen) atoms. The Labute approximate surface area is 440 Å². The van der Waals surface area contributed by atoms with Gasteiger partial charge in [0.05, 0.1) is 53.7 Å². The fourth-order valence-electron chi connectivity index (χ4n) is 10.9. The summed E-state index contributed by atoms with van der Waals surface area (Å²) in [5.41, 5.74) is 5.57. The number of carbonyl (C=O) groups is 2. The van der Waals surface area contributed by atoms with E-state index in [0.29, 0.717) is 107 Å². The number of fused-ring (bicyclic) bond motifs is 2. The first-order valence-corrected chi connectivity index (χ1v) is 26.0. The van der Waals surface area contributed by atoms with Crippen LogP contribution in [0, 0.1) is 11.3 Å². The van der Waals surface area contributed by atoms with Crippen LogP contribution < -0.4 is 19.9 Å². The van der Waals surface area contributed by atoms with Crippen molar-refractivity contribution in [3.8, 4) is 46.7 Å². The summed E-state index contributed by atoms with van der Waals surface area (Å²) in [6.07, 6.45) is 4.43. The van der Waals surface area contributed by atoms with Crippen LogP contribution in [0.5, 0.6) is 23.5 Å². The fraction of sp³-hybridized carbons (Fsp3) is 0.400. The van der Waals surface area contributed by atoms with Crippen molar-refractivity contribution in [1.29, 1.82) is 5.26 Å². The van der Waals surface area contributed by atoms with Gasteiger partial charge >= 0.3 is 12.0 Å². The van der Waals surface area contributed by atoms with Crippen LogP contribution in [0.2, 0.25) is 5.02 Å². The van der Waals surface area contributed by atoms with Crippen LogP contribution in [0.15, 0.2) is 85.5 Å². The van der Waals surface area contributed by atoms with Gasteiger partial charge in [0.1, 0.15) is 30.5 Å². The summed E-state index contributed by atoms with van der Waals surface area (Å²) >= 11 is 6.79. The minimum atomic E-state index is -0.327. The first-order chi connectivity index (χ1) is 36.5. The van der Waals surface area contributed by atoms with Gasteiger partial charge in [0.25, 0.3) is 0 Å². The maximum absolute atomic E-state index is 13.3. The van der Waals surface area contributed by atoms with Crippen molar-refractivity contribution in [1.82, 2.24) is 44.7 Å². The van der Waals surface area contributed by atoms with Crippen LogP contribution in [-0.4, -0.2) is 157 Å². The van der Waals surface area contributed by atoms with Crippen molar-refractivity contribution in [3.05, 3.63) is 113 Å². The van der Waals surface area contributed by atoms with E-state index in [-0.39, 0.29) is 72.3 Å². The van der Waals surface area contributed by atoms with Crippen molar-refractivity contribution in [2.24, 2.45) is 0 Å². The molecule has 6 aromatic rings. The minimum Gasteiger partial charge on any atom is -0.508 e. The van der Waals surface area contributed by atoms with Crippen molar-refractivity contribution >= 4 is 45.7 Å². The predicted molar refractivity (Wildman–Crippen MR) is 283 cm³/mol. The second-order valence-corrected chi connectivity index (χ2v) is 19.9. The molecule has 4 aliphatic heterocycles. The second-order valence-electron chi connectivity index (χ2n) is 19.5. The molecule has 390 valence electrons. The number of aromatic hydroxyl groups is 3. The summed E-state index contributed by atoms with van der Waals surface area (Å²) in [7, 11) is 0. The smallest absolute Gasteiger partial charge is 0.319 e. The van der Waals surface area contributed by atoms with Crippen LogP contribution in [0.3, 0.4) is 0 Å². The van der Waals surface area contributed by atoms with Gasteiger partial charge in [-0.1, -0.05) is 66.6 Å². The Hall–Kier alpha value is -7.50. The Morgan fingerprint density at radius 2 is 1.68 bits per heavy atom. The molecule has 19 nitrogen and oxygen atoms in total. The number of phenolic OH excluding ortho intramolecular Hbond substituents is 2. The number of ether oxygens (including phenoxy) is 2. The van der Waals surface area contributed by atoms with E-state index in [4.69, 9.17) is 31.0 Å². The van der Waals surface area contributed by atoms with Gasteiger partial charge in [-0.05, 0) is 78.6 Å². The maximum atomic E-state index is 13.3. The molecule has 3 fully saturated rings. The fourth-order valence-corrected chi connectivity index (χ4v) is 11.1. The van der Waals surface area contributed by atoms with Crippen molar-refractivity contribution in [2.45, 2.75) is 70.2 Å². The average Bonchev–Trinajstić information content (AvgIpc) is 4.05. The Morgan fingerprint density at radius 1 is 0.907 bits per heavy atom. The number of piperazine rings is 2. The Kier molecular flexibility index (Phi) is 15.3. The molecule has 2 amide bonds. The van der Waals surface area contributed by atoms with E-state index in [2.05, 4.69) is 61.1 Å². The van der Waals surface area contributed by atoms with E-state index in [0.717, 1.165) is 58.5 Å². The molecule has 2 aromatic heterocycles. The number of benzene rings is 4. The Bertz CT molecular complexity index is 3120. The summed E-state index contributed by atoms with van der Waals surface area (Å²) in [5.74, 6) is 0.602. The number of aryl methyl sites for hydroxylation is 1. The first kappa shape index (κ1) is 51.0. The molecular weight excluding hydrogens is 976 g/mol. The van der Waals surface area contributed by atoms with Gasteiger partial charge in [-0.15, -0.1) is 5.10 Å². The number of phenols is 2. The van der Waals surface area contributed by atoms with Crippen LogP contribution >= 0.6 is 11.6 Å². The van der Waals surface area contributed by atoms with E-state index in [1.165, 1.54) is 16.7 Å². The number of nitrogens with zero attached hydrogens (tertiary/aromatic N) is 11.